The predicted octanol–water partition coefficient (Wildman–Crippen LogP) is 0.462. The van der Waals surface area contributed by atoms with Gasteiger partial charge in [0, 0.05) is 19.3 Å². The fourth-order valence-electron chi connectivity index (χ4n) is 0.660. The van der Waals surface area contributed by atoms with Crippen LogP contribution >= 0.6 is 0 Å². The molecule has 0 saturated carbocycles. The van der Waals surface area contributed by atoms with E-state index >= 15 is 0 Å². The van der Waals surface area contributed by atoms with Crippen LogP contribution in [0.3, 0.4) is 0 Å². The van der Waals surface area contributed by atoms with Crippen molar-refractivity contribution in [3.8, 4) is 0 Å². The average Bonchev–Trinajstić information content (AvgIpc) is 1.77. The molecule has 1 heterocycles. The Kier molecular flexibility index (Phi) is 1.53. The maximum Gasteiger partial charge on any atom is 0.0859 e. The molecule has 1 fully saturated rings. The van der Waals surface area contributed by atoms with Crippen molar-refractivity contribution in [2.24, 2.45) is 0 Å². The van der Waals surface area contributed by atoms with Crippen molar-refractivity contribution in [3.63, 3.8) is 0 Å². The summed E-state index contributed by atoms with van der Waals surface area (Å²) in [7, 11) is 2.03. The normalized spacial score (nSPS) is 21.6. The molecule has 0 atom stereocenters. The van der Waals surface area contributed by atoms with Gasteiger partial charge in [-0.2, -0.15) is 0 Å². The second kappa shape index (κ2) is 2.18. The van der Waals surface area contributed by atoms with Crippen molar-refractivity contribution < 1.29 is 4.74 Å². The van der Waals surface area contributed by atoms with Crippen LogP contribution in [0.5, 0.6) is 0 Å². The minimum absolute atomic E-state index is 0.705. The first-order chi connectivity index (χ1) is 3.80. The Bertz CT molecular complexity index is 101. The Morgan fingerprint density at radius 1 is 1.75 bits per heavy atom. The average molecular weight is 113 g/mol. The van der Waals surface area contributed by atoms with E-state index in [1.54, 1.807) is 0 Å². The van der Waals surface area contributed by atoms with Gasteiger partial charge in [0.15, 0.2) is 0 Å². The molecule has 0 aromatic rings. The van der Waals surface area contributed by atoms with Crippen molar-refractivity contribution in [2.75, 3.05) is 26.8 Å². The van der Waals surface area contributed by atoms with E-state index in [1.165, 1.54) is 0 Å². The minimum Gasteiger partial charge on any atom is -0.374 e. The van der Waals surface area contributed by atoms with Gasteiger partial charge in [0.1, 0.15) is 0 Å². The molecule has 2 nitrogen and oxygen atoms in total. The third-order valence-corrected chi connectivity index (χ3v) is 1.38. The first-order valence-corrected chi connectivity index (χ1v) is 2.77. The maximum atomic E-state index is 5.11. The van der Waals surface area contributed by atoms with Crippen LogP contribution in [0.25, 0.3) is 0 Å². The highest BCUT2D eigenvalue weighted by atomic mass is 16.5. The largest absolute Gasteiger partial charge is 0.374 e. The molecule has 0 N–H and O–H groups in total. The fraction of sp³-hybridized carbons (Fsp3) is 0.667. The summed E-state index contributed by atoms with van der Waals surface area (Å²) < 4.78 is 5.11. The second-order valence-electron chi connectivity index (χ2n) is 2.04. The van der Waals surface area contributed by atoms with E-state index in [9.17, 15) is 0 Å². The quantitative estimate of drug-likeness (QED) is 0.452. The van der Waals surface area contributed by atoms with E-state index in [1.807, 2.05) is 7.05 Å². The van der Waals surface area contributed by atoms with Gasteiger partial charge >= 0.3 is 0 Å². The van der Waals surface area contributed by atoms with Crippen LogP contribution in [0.15, 0.2) is 12.3 Å². The molecule has 1 aliphatic rings. The zero-order valence-corrected chi connectivity index (χ0v) is 5.18. The summed E-state index contributed by atoms with van der Waals surface area (Å²) in [5.74, 6) is 0. The molecule has 0 spiro atoms. The van der Waals surface area contributed by atoms with E-state index in [-0.39, 0.29) is 0 Å². The van der Waals surface area contributed by atoms with Gasteiger partial charge in [-0.25, -0.2) is 0 Å². The number of hydrogen-bond acceptors (Lipinski definition) is 2. The summed E-state index contributed by atoms with van der Waals surface area (Å²) in [6.07, 6.45) is 0. The van der Waals surface area contributed by atoms with Gasteiger partial charge in [-0.05, 0) is 0 Å². The Morgan fingerprint density at radius 3 is 2.88 bits per heavy atom. The number of ether oxygens (including phenoxy) is 1. The van der Waals surface area contributed by atoms with E-state index in [4.69, 9.17) is 4.74 Å². The molecule has 0 bridgehead atoms. The summed E-state index contributed by atoms with van der Waals surface area (Å²) in [6.45, 7) is 6.33. The van der Waals surface area contributed by atoms with Crippen LogP contribution in [0.2, 0.25) is 0 Å². The standard InChI is InChI=1S/C6H11NO/c1-6-5-8-4-3-7(6)2/h1,3-5H2,2H3. The lowest BCUT2D eigenvalue weighted by atomic mass is 10.4. The van der Waals surface area contributed by atoms with Crippen molar-refractivity contribution in [1.82, 2.24) is 4.90 Å². The molecule has 2 heteroatoms. The minimum atomic E-state index is 0.705. The van der Waals surface area contributed by atoms with E-state index in [0.717, 1.165) is 18.8 Å². The summed E-state index contributed by atoms with van der Waals surface area (Å²) in [5.41, 5.74) is 1.08. The molecule has 46 valence electrons. The van der Waals surface area contributed by atoms with E-state index in [0.29, 0.717) is 6.61 Å². The molecule has 0 radical (unpaired) electrons. The Morgan fingerprint density at radius 2 is 2.50 bits per heavy atom. The summed E-state index contributed by atoms with van der Waals surface area (Å²) in [6, 6.07) is 0. The molecule has 0 amide bonds. The van der Waals surface area contributed by atoms with Gasteiger partial charge < -0.3 is 9.64 Å². The third-order valence-electron chi connectivity index (χ3n) is 1.38. The zero-order chi connectivity index (χ0) is 5.98. The molecule has 8 heavy (non-hydrogen) atoms. The molecular weight excluding hydrogens is 102 g/mol. The zero-order valence-electron chi connectivity index (χ0n) is 5.18. The van der Waals surface area contributed by atoms with Gasteiger partial charge in [-0.1, -0.05) is 6.58 Å². The molecule has 1 rings (SSSR count). The third kappa shape index (κ3) is 1.01. The van der Waals surface area contributed by atoms with Crippen molar-refractivity contribution in [3.05, 3.63) is 12.3 Å². The van der Waals surface area contributed by atoms with Crippen molar-refractivity contribution in [1.29, 1.82) is 0 Å². The lowest BCUT2D eigenvalue weighted by Crippen LogP contribution is -2.30. The fourth-order valence-corrected chi connectivity index (χ4v) is 0.660. The second-order valence-corrected chi connectivity index (χ2v) is 2.04. The van der Waals surface area contributed by atoms with Gasteiger partial charge in [-0.15, -0.1) is 0 Å². The smallest absolute Gasteiger partial charge is 0.0859 e. The SMILES string of the molecule is C=C1COCCN1C. The Labute approximate surface area is 49.7 Å². The number of morpholine rings is 1. The van der Waals surface area contributed by atoms with Crippen LogP contribution in [0.4, 0.5) is 0 Å². The van der Waals surface area contributed by atoms with Gasteiger partial charge in [0.25, 0.3) is 0 Å². The predicted molar refractivity (Wildman–Crippen MR) is 32.6 cm³/mol. The highest BCUT2D eigenvalue weighted by Crippen LogP contribution is 2.03. The number of nitrogens with zero attached hydrogens (tertiary/aromatic N) is 1. The Balaban J connectivity index is 2.39. The van der Waals surface area contributed by atoms with Crippen molar-refractivity contribution in [2.45, 2.75) is 0 Å². The maximum absolute atomic E-state index is 5.11. The highest BCUT2D eigenvalue weighted by Gasteiger charge is 2.06. The highest BCUT2D eigenvalue weighted by molar-refractivity contribution is 4.94. The summed E-state index contributed by atoms with van der Waals surface area (Å²) in [5, 5.41) is 0. The van der Waals surface area contributed by atoms with E-state index < -0.39 is 0 Å². The molecule has 0 aromatic heterocycles. The molecule has 1 saturated heterocycles. The first kappa shape index (κ1) is 5.63. The molecular formula is C6H11NO. The first-order valence-electron chi connectivity index (χ1n) is 2.77. The Hall–Kier alpha value is -0.500. The van der Waals surface area contributed by atoms with Gasteiger partial charge in [0.05, 0.1) is 13.2 Å². The van der Waals surface area contributed by atoms with Crippen LogP contribution < -0.4 is 0 Å². The lowest BCUT2D eigenvalue weighted by molar-refractivity contribution is 0.0849. The molecule has 0 unspecified atom stereocenters. The number of hydrogen-bond donors (Lipinski definition) is 0. The topological polar surface area (TPSA) is 12.5 Å². The van der Waals surface area contributed by atoms with Crippen LogP contribution in [-0.2, 0) is 4.74 Å². The van der Waals surface area contributed by atoms with Crippen LogP contribution in [-0.4, -0.2) is 31.7 Å². The number of rotatable bonds is 0. The van der Waals surface area contributed by atoms with Crippen LogP contribution in [0, 0.1) is 0 Å². The number of likely N-dealkylation sites (N-methyl/N-ethyl adjacent to an activating group) is 1. The van der Waals surface area contributed by atoms with E-state index in [2.05, 4.69) is 11.5 Å². The summed E-state index contributed by atoms with van der Waals surface area (Å²) in [4.78, 5) is 2.11. The summed E-state index contributed by atoms with van der Waals surface area (Å²) >= 11 is 0. The molecule has 0 aromatic carbocycles. The lowest BCUT2D eigenvalue weighted by Gasteiger charge is -2.26. The van der Waals surface area contributed by atoms with Crippen LogP contribution in [0.1, 0.15) is 0 Å². The molecule has 0 aliphatic carbocycles. The van der Waals surface area contributed by atoms with Crippen molar-refractivity contribution >= 4 is 0 Å². The monoisotopic (exact) mass is 113 g/mol. The molecule has 1 aliphatic heterocycles. The van der Waals surface area contributed by atoms with Gasteiger partial charge in [0.2, 0.25) is 0 Å². The van der Waals surface area contributed by atoms with Gasteiger partial charge in [-0.3, -0.25) is 0 Å².